The maximum absolute atomic E-state index is 12.2. The van der Waals surface area contributed by atoms with Gasteiger partial charge in [0, 0.05) is 16.8 Å². The van der Waals surface area contributed by atoms with Gasteiger partial charge in [-0.15, -0.1) is 10.2 Å². The number of benzene rings is 1. The fraction of sp³-hybridized carbons (Fsp3) is 0.250. The fourth-order valence-corrected chi connectivity index (χ4v) is 3.63. The summed E-state index contributed by atoms with van der Waals surface area (Å²) in [6.45, 7) is 0. The van der Waals surface area contributed by atoms with Gasteiger partial charge >= 0.3 is 0 Å². The average Bonchev–Trinajstić information content (AvgIpc) is 3.30. The number of aryl methyl sites for hydroxylation is 1. The van der Waals surface area contributed by atoms with Gasteiger partial charge in [-0.05, 0) is 19.3 Å². The molecule has 2 aromatic heterocycles. The van der Waals surface area contributed by atoms with Crippen LogP contribution in [0.1, 0.15) is 28.0 Å². The number of H-pyrrole nitrogens is 1. The first-order chi connectivity index (χ1) is 11.7. The number of nitrogens with two attached hydrogens (primary N) is 1. The van der Waals surface area contributed by atoms with Crippen LogP contribution in [0, 0.1) is 0 Å². The van der Waals surface area contributed by atoms with Crippen LogP contribution in [0.5, 0.6) is 0 Å². The molecule has 8 heteroatoms. The summed E-state index contributed by atoms with van der Waals surface area (Å²) in [5, 5.41) is 16.1. The monoisotopic (exact) mass is 340 g/mol. The Kier molecular flexibility index (Phi) is 3.81. The highest BCUT2D eigenvalue weighted by atomic mass is 32.2. The summed E-state index contributed by atoms with van der Waals surface area (Å²) in [6.07, 6.45) is 3.10. The van der Waals surface area contributed by atoms with Crippen LogP contribution in [0.2, 0.25) is 0 Å². The highest BCUT2D eigenvalue weighted by Crippen LogP contribution is 2.30. The van der Waals surface area contributed by atoms with Gasteiger partial charge in [0.15, 0.2) is 5.78 Å². The lowest BCUT2D eigenvalue weighted by Crippen LogP contribution is -2.13. The molecule has 3 N–H and O–H groups in total. The lowest BCUT2D eigenvalue weighted by molar-refractivity contribution is 0.102. The van der Waals surface area contributed by atoms with Crippen molar-refractivity contribution in [2.24, 2.45) is 0 Å². The molecule has 122 valence electrons. The van der Waals surface area contributed by atoms with Gasteiger partial charge in [-0.1, -0.05) is 42.1 Å². The Labute approximate surface area is 142 Å². The molecule has 1 aliphatic carbocycles. The number of thioether (sulfide) groups is 1. The lowest BCUT2D eigenvalue weighted by atomic mass is 10.2. The second-order valence-corrected chi connectivity index (χ2v) is 6.58. The quantitative estimate of drug-likeness (QED) is 0.417. The number of aromatic amines is 1. The van der Waals surface area contributed by atoms with E-state index in [1.165, 1.54) is 22.0 Å². The molecule has 0 amide bonds. The maximum atomic E-state index is 12.2. The molecule has 0 spiro atoms. The Bertz CT molecular complexity index is 885. The number of Topliss-reactive ketones (excluding diaryl/α,β-unsaturated/α-hetero) is 1. The Balaban J connectivity index is 1.51. The van der Waals surface area contributed by atoms with Gasteiger partial charge in [0.2, 0.25) is 11.0 Å². The molecule has 3 aromatic rings. The standard InChI is InChI=1S/C16H16N6OS/c17-22-15(14-11-7-4-8-12(11)18-19-14)20-21-16(22)24-9-13(23)10-5-2-1-3-6-10/h1-3,5-6H,4,7-9,17H2,(H,18,19). The van der Waals surface area contributed by atoms with Crippen LogP contribution in [0.25, 0.3) is 11.5 Å². The van der Waals surface area contributed by atoms with Crippen molar-refractivity contribution >= 4 is 17.5 Å². The highest BCUT2D eigenvalue weighted by molar-refractivity contribution is 7.99. The van der Waals surface area contributed by atoms with E-state index >= 15 is 0 Å². The van der Waals surface area contributed by atoms with Crippen LogP contribution >= 0.6 is 11.8 Å². The van der Waals surface area contributed by atoms with E-state index in [9.17, 15) is 4.79 Å². The Morgan fingerprint density at radius 1 is 1.25 bits per heavy atom. The van der Waals surface area contributed by atoms with Crippen LogP contribution in [0.15, 0.2) is 35.5 Å². The van der Waals surface area contributed by atoms with E-state index in [-0.39, 0.29) is 11.5 Å². The minimum atomic E-state index is 0.0332. The van der Waals surface area contributed by atoms with Crippen LogP contribution in [0.4, 0.5) is 0 Å². The summed E-state index contributed by atoms with van der Waals surface area (Å²) in [4.78, 5) is 12.2. The number of hydrogen-bond donors (Lipinski definition) is 2. The third-order valence-electron chi connectivity index (χ3n) is 4.11. The molecule has 2 heterocycles. The van der Waals surface area contributed by atoms with Crippen molar-refractivity contribution in [3.05, 3.63) is 47.2 Å². The number of nitrogen functional groups attached to an aromatic ring is 1. The molecule has 7 nitrogen and oxygen atoms in total. The van der Waals surface area contributed by atoms with Crippen molar-refractivity contribution in [3.8, 4) is 11.5 Å². The van der Waals surface area contributed by atoms with Crippen LogP contribution in [-0.4, -0.2) is 36.6 Å². The van der Waals surface area contributed by atoms with E-state index in [4.69, 9.17) is 5.84 Å². The van der Waals surface area contributed by atoms with E-state index in [0.29, 0.717) is 16.5 Å². The van der Waals surface area contributed by atoms with Gasteiger partial charge in [0.25, 0.3) is 0 Å². The number of carbonyl (C=O) groups is 1. The summed E-state index contributed by atoms with van der Waals surface area (Å²) in [6, 6.07) is 9.18. The third-order valence-corrected chi connectivity index (χ3v) is 5.05. The van der Waals surface area contributed by atoms with Crippen LogP contribution in [0.3, 0.4) is 0 Å². The highest BCUT2D eigenvalue weighted by Gasteiger charge is 2.24. The molecule has 0 bridgehead atoms. The first kappa shape index (κ1) is 14.9. The normalized spacial score (nSPS) is 13.2. The minimum absolute atomic E-state index is 0.0332. The largest absolute Gasteiger partial charge is 0.335 e. The van der Waals surface area contributed by atoms with E-state index in [1.54, 1.807) is 12.1 Å². The summed E-state index contributed by atoms with van der Waals surface area (Å²) < 4.78 is 1.41. The van der Waals surface area contributed by atoms with Crippen LogP contribution < -0.4 is 5.84 Å². The molecule has 1 aromatic carbocycles. The first-order valence-corrected chi connectivity index (χ1v) is 8.70. The topological polar surface area (TPSA) is 102 Å². The number of carbonyl (C=O) groups excluding carboxylic acids is 1. The number of hydrogen-bond acceptors (Lipinski definition) is 6. The number of nitrogens with zero attached hydrogens (tertiary/aromatic N) is 4. The number of fused-ring (bicyclic) bond motifs is 1. The molecule has 0 fully saturated rings. The van der Waals surface area contributed by atoms with Crippen LogP contribution in [-0.2, 0) is 12.8 Å². The number of aromatic nitrogens is 5. The van der Waals surface area contributed by atoms with E-state index in [2.05, 4.69) is 20.4 Å². The average molecular weight is 340 g/mol. The van der Waals surface area contributed by atoms with Crippen molar-refractivity contribution in [3.63, 3.8) is 0 Å². The van der Waals surface area contributed by atoms with Crippen molar-refractivity contribution < 1.29 is 4.79 Å². The first-order valence-electron chi connectivity index (χ1n) is 7.72. The number of rotatable bonds is 5. The summed E-state index contributed by atoms with van der Waals surface area (Å²) >= 11 is 1.28. The Morgan fingerprint density at radius 3 is 2.92 bits per heavy atom. The van der Waals surface area contributed by atoms with Gasteiger partial charge < -0.3 is 5.84 Å². The molecule has 24 heavy (non-hydrogen) atoms. The van der Waals surface area contributed by atoms with Gasteiger partial charge in [0.05, 0.1) is 5.75 Å². The van der Waals surface area contributed by atoms with Gasteiger partial charge in [-0.25, -0.2) is 4.68 Å². The molecule has 0 saturated carbocycles. The zero-order valence-corrected chi connectivity index (χ0v) is 13.7. The summed E-state index contributed by atoms with van der Waals surface area (Å²) in [7, 11) is 0. The van der Waals surface area contributed by atoms with E-state index < -0.39 is 0 Å². The number of nitrogens with one attached hydrogen (secondary N) is 1. The number of ketones is 1. The summed E-state index contributed by atoms with van der Waals surface area (Å²) in [5.41, 5.74) is 3.77. The molecular weight excluding hydrogens is 324 g/mol. The van der Waals surface area contributed by atoms with Crippen molar-refractivity contribution in [2.75, 3.05) is 11.6 Å². The zero-order chi connectivity index (χ0) is 16.5. The lowest BCUT2D eigenvalue weighted by Gasteiger charge is -2.03. The third kappa shape index (κ3) is 2.58. The van der Waals surface area contributed by atoms with Crippen molar-refractivity contribution in [1.82, 2.24) is 25.1 Å². The van der Waals surface area contributed by atoms with Gasteiger partial charge in [-0.2, -0.15) is 5.10 Å². The molecule has 0 aliphatic heterocycles. The predicted octanol–water partition coefficient (Wildman–Crippen LogP) is 1.85. The molecule has 4 rings (SSSR count). The molecule has 0 saturated heterocycles. The maximum Gasteiger partial charge on any atom is 0.210 e. The second kappa shape index (κ2) is 6.12. The van der Waals surface area contributed by atoms with Crippen molar-refractivity contribution in [2.45, 2.75) is 24.4 Å². The minimum Gasteiger partial charge on any atom is -0.335 e. The fourth-order valence-electron chi connectivity index (χ4n) is 2.88. The smallest absolute Gasteiger partial charge is 0.210 e. The molecule has 0 atom stereocenters. The van der Waals surface area contributed by atoms with E-state index in [1.807, 2.05) is 18.2 Å². The van der Waals surface area contributed by atoms with Crippen molar-refractivity contribution in [1.29, 1.82) is 0 Å². The molecule has 0 radical (unpaired) electrons. The predicted molar refractivity (Wildman–Crippen MR) is 91.3 cm³/mol. The van der Waals surface area contributed by atoms with Gasteiger partial charge in [0.1, 0.15) is 5.69 Å². The molecular formula is C16H16N6OS. The molecule has 0 unspecified atom stereocenters. The van der Waals surface area contributed by atoms with E-state index in [0.717, 1.165) is 30.7 Å². The Morgan fingerprint density at radius 2 is 2.08 bits per heavy atom. The molecule has 1 aliphatic rings. The SMILES string of the molecule is Nn1c(SCC(=O)c2ccccc2)nnc1-c1n[nH]c2c1CCC2. The zero-order valence-electron chi connectivity index (χ0n) is 12.9. The summed E-state index contributed by atoms with van der Waals surface area (Å²) in [5.74, 6) is 6.95. The Hall–Kier alpha value is -2.61. The second-order valence-electron chi connectivity index (χ2n) is 5.64. The van der Waals surface area contributed by atoms with Gasteiger partial charge in [-0.3, -0.25) is 9.89 Å².